The molecule has 2 heterocycles. The van der Waals surface area contributed by atoms with E-state index in [1.807, 2.05) is 0 Å². The lowest BCUT2D eigenvalue weighted by atomic mass is 9.81. The summed E-state index contributed by atoms with van der Waals surface area (Å²) in [4.78, 5) is 27.2. The average molecular weight is 533 g/mol. The fourth-order valence-corrected chi connectivity index (χ4v) is 5.81. The van der Waals surface area contributed by atoms with Gasteiger partial charge in [0, 0.05) is 25.7 Å². The molecular weight excluding hydrogens is 502 g/mol. The van der Waals surface area contributed by atoms with Gasteiger partial charge < -0.3 is 40.6 Å². The number of hydrogen-bond donors (Lipinski definition) is 4. The van der Waals surface area contributed by atoms with Crippen LogP contribution < -0.4 is 10.6 Å². The number of hydroxylamine groups is 6. The van der Waals surface area contributed by atoms with Gasteiger partial charge in [0.1, 0.15) is 11.5 Å². The first kappa shape index (κ1) is 26.3. The minimum absolute atomic E-state index is 0.0457. The summed E-state index contributed by atoms with van der Waals surface area (Å²) in [6.45, 7) is 1.52. The number of benzene rings is 2. The second kappa shape index (κ2) is 9.77. The van der Waals surface area contributed by atoms with Gasteiger partial charge >= 0.3 is 0 Å². The van der Waals surface area contributed by atoms with Crippen LogP contribution in [0.15, 0.2) is 12.1 Å². The second-order valence-corrected chi connectivity index (χ2v) is 10.4. The third kappa shape index (κ3) is 4.47. The Morgan fingerprint density at radius 1 is 0.684 bits per heavy atom. The fraction of sp³-hybridized carbons (Fsp3) is 0.462. The van der Waals surface area contributed by atoms with Crippen molar-refractivity contribution in [2.24, 2.45) is 0 Å². The van der Waals surface area contributed by atoms with Crippen molar-refractivity contribution in [3.8, 4) is 11.5 Å². The lowest BCUT2D eigenvalue weighted by Gasteiger charge is -2.39. The number of carbonyl (C=O) groups is 2. The number of quaternary nitrogens is 2. The zero-order valence-corrected chi connectivity index (χ0v) is 20.8. The van der Waals surface area contributed by atoms with E-state index in [9.17, 15) is 30.2 Å². The average Bonchev–Trinajstić information content (AvgIpc) is 3.51. The Hall–Kier alpha value is -3.32. The van der Waals surface area contributed by atoms with Crippen molar-refractivity contribution in [3.05, 3.63) is 56.4 Å². The maximum Gasteiger partial charge on any atom is 0.200 e. The van der Waals surface area contributed by atoms with Gasteiger partial charge in [-0.25, -0.2) is 8.78 Å². The molecule has 4 N–H and O–H groups in total. The summed E-state index contributed by atoms with van der Waals surface area (Å²) in [7, 11) is 0. The Morgan fingerprint density at radius 2 is 1.03 bits per heavy atom. The molecule has 0 bridgehead atoms. The highest BCUT2D eigenvalue weighted by molar-refractivity contribution is 6.33. The molecule has 2 aliphatic heterocycles. The first-order chi connectivity index (χ1) is 18.1. The molecule has 10 nitrogen and oxygen atoms in total. The molecule has 12 heteroatoms. The number of phenolic OH excluding ortho intramolecular Hbond substituents is 2. The van der Waals surface area contributed by atoms with E-state index in [4.69, 9.17) is 0 Å². The number of hydrogen-bond acceptors (Lipinski definition) is 8. The number of rotatable bonds is 8. The van der Waals surface area contributed by atoms with Crippen molar-refractivity contribution in [1.82, 2.24) is 0 Å². The number of halogens is 2. The summed E-state index contributed by atoms with van der Waals surface area (Å²) in [5, 5.41) is 51.4. The molecule has 5 rings (SSSR count). The summed E-state index contributed by atoms with van der Waals surface area (Å²) >= 11 is 0. The Kier molecular flexibility index (Phi) is 6.76. The van der Waals surface area contributed by atoms with Crippen LogP contribution in [0.3, 0.4) is 0 Å². The largest absolute Gasteiger partial charge is 0.633 e. The van der Waals surface area contributed by atoms with Gasteiger partial charge in [0.05, 0.1) is 86.0 Å². The van der Waals surface area contributed by atoms with Crippen molar-refractivity contribution in [2.75, 3.05) is 63.0 Å². The highest BCUT2D eigenvalue weighted by Crippen LogP contribution is 2.44. The van der Waals surface area contributed by atoms with Crippen LogP contribution in [-0.4, -0.2) is 83.4 Å². The van der Waals surface area contributed by atoms with Crippen LogP contribution in [0.1, 0.15) is 57.5 Å². The van der Waals surface area contributed by atoms with Crippen molar-refractivity contribution < 1.29 is 37.9 Å². The van der Waals surface area contributed by atoms with Crippen LogP contribution >= 0.6 is 0 Å². The second-order valence-electron chi connectivity index (χ2n) is 10.4. The lowest BCUT2D eigenvalue weighted by Crippen LogP contribution is -2.43. The smallest absolute Gasteiger partial charge is 0.200 e. The monoisotopic (exact) mass is 532 g/mol. The molecule has 2 fully saturated rings. The molecule has 0 amide bonds. The molecule has 1 aliphatic carbocycles. The number of carbonyl (C=O) groups excluding carboxylic acids is 2. The molecule has 3 aliphatic rings. The predicted molar refractivity (Wildman–Crippen MR) is 135 cm³/mol. The molecular formula is C26H30F2N4O6. The third-order valence-corrected chi connectivity index (χ3v) is 7.86. The van der Waals surface area contributed by atoms with E-state index in [0.29, 0.717) is 26.2 Å². The van der Waals surface area contributed by atoms with E-state index in [0.717, 1.165) is 37.8 Å². The Labute approximate surface area is 217 Å². The Bertz CT molecular complexity index is 1210. The number of anilines is 2. The summed E-state index contributed by atoms with van der Waals surface area (Å²) in [6, 6.07) is 2.06. The van der Waals surface area contributed by atoms with Gasteiger partial charge in [0.15, 0.2) is 11.6 Å². The van der Waals surface area contributed by atoms with Gasteiger partial charge in [-0.05, 0) is 12.1 Å². The minimum Gasteiger partial charge on any atom is -0.633 e. The molecule has 2 aromatic rings. The van der Waals surface area contributed by atoms with E-state index >= 15 is 8.78 Å². The first-order valence-corrected chi connectivity index (χ1v) is 12.9. The van der Waals surface area contributed by atoms with Crippen molar-refractivity contribution in [2.45, 2.75) is 25.7 Å². The van der Waals surface area contributed by atoms with Crippen molar-refractivity contribution in [1.29, 1.82) is 0 Å². The zero-order chi connectivity index (χ0) is 27.2. The van der Waals surface area contributed by atoms with Crippen molar-refractivity contribution in [3.63, 3.8) is 0 Å². The Morgan fingerprint density at radius 3 is 1.37 bits per heavy atom. The van der Waals surface area contributed by atoms with E-state index in [-0.39, 0.29) is 26.2 Å². The van der Waals surface area contributed by atoms with E-state index in [1.54, 1.807) is 0 Å². The number of nitrogens with zero attached hydrogens (tertiary/aromatic N) is 2. The molecule has 0 unspecified atom stereocenters. The van der Waals surface area contributed by atoms with Crippen LogP contribution in [0.5, 0.6) is 11.5 Å². The van der Waals surface area contributed by atoms with Crippen LogP contribution in [0.4, 0.5) is 20.2 Å². The Balaban J connectivity index is 1.56. The number of fused-ring (bicyclic) bond motifs is 2. The van der Waals surface area contributed by atoms with Crippen LogP contribution in [0, 0.1) is 22.0 Å². The van der Waals surface area contributed by atoms with Crippen LogP contribution in [0.25, 0.3) is 0 Å². The molecule has 0 aromatic heterocycles. The van der Waals surface area contributed by atoms with Gasteiger partial charge in [0.2, 0.25) is 11.6 Å². The fourth-order valence-electron chi connectivity index (χ4n) is 5.81. The standard InChI is InChI=1S/C26H30F2N4O6/c27-21-22(28)24(30-8-14-32(38)11-3-4-12-32)20-19(23(21)29-7-13-31(37)9-1-2-10-31)25(35)17-15(33)5-6-16(34)18(17)26(20)36/h5-6,29-30,33-34H,1-4,7-14H2. The molecule has 2 aromatic carbocycles. The molecule has 0 radical (unpaired) electrons. The summed E-state index contributed by atoms with van der Waals surface area (Å²) in [5.74, 6) is -6.01. The molecule has 2 saturated heterocycles. The predicted octanol–water partition coefficient (Wildman–Crippen LogP) is 3.19. The maximum atomic E-state index is 15.5. The number of ketones is 2. The van der Waals surface area contributed by atoms with Gasteiger partial charge in [-0.15, -0.1) is 0 Å². The lowest BCUT2D eigenvalue weighted by molar-refractivity contribution is -0.866. The summed E-state index contributed by atoms with van der Waals surface area (Å²) < 4.78 is 30.0. The van der Waals surface area contributed by atoms with Gasteiger partial charge in [0.25, 0.3) is 0 Å². The molecule has 204 valence electrons. The normalized spacial score (nSPS) is 19.4. The highest BCUT2D eigenvalue weighted by Gasteiger charge is 2.41. The maximum absolute atomic E-state index is 15.5. The summed E-state index contributed by atoms with van der Waals surface area (Å²) in [5.41, 5.74) is -3.22. The van der Waals surface area contributed by atoms with E-state index in [2.05, 4.69) is 10.6 Å². The SMILES string of the molecule is O=C1c2c(O)ccc(O)c2C(=O)c2c(NCC[N+]3([O-])CCCC3)c(F)c(F)c(NCC[N+]3([O-])CCCC3)c21. The molecule has 0 atom stereocenters. The molecule has 0 saturated carbocycles. The van der Waals surface area contributed by atoms with Crippen molar-refractivity contribution >= 4 is 22.9 Å². The molecule has 38 heavy (non-hydrogen) atoms. The molecule has 0 spiro atoms. The summed E-state index contributed by atoms with van der Waals surface area (Å²) in [6.07, 6.45) is 3.05. The third-order valence-electron chi connectivity index (χ3n) is 7.86. The van der Waals surface area contributed by atoms with Gasteiger partial charge in [-0.3, -0.25) is 9.59 Å². The quantitative estimate of drug-likeness (QED) is 0.197. The first-order valence-electron chi connectivity index (χ1n) is 12.9. The number of likely N-dealkylation sites (tertiary alicyclic amines) is 2. The van der Waals surface area contributed by atoms with Gasteiger partial charge in [-0.2, -0.15) is 0 Å². The highest BCUT2D eigenvalue weighted by atomic mass is 19.2. The van der Waals surface area contributed by atoms with Crippen LogP contribution in [0.2, 0.25) is 0 Å². The number of aromatic hydroxyl groups is 2. The zero-order valence-electron chi connectivity index (χ0n) is 20.8. The topological polar surface area (TPSA) is 145 Å². The van der Waals surface area contributed by atoms with Crippen LogP contribution in [-0.2, 0) is 0 Å². The van der Waals surface area contributed by atoms with E-state index in [1.165, 1.54) is 0 Å². The number of phenols is 2. The number of nitrogens with one attached hydrogen (secondary N) is 2. The van der Waals surface area contributed by atoms with E-state index < -0.39 is 77.6 Å². The van der Waals surface area contributed by atoms with Gasteiger partial charge in [-0.1, -0.05) is 0 Å². The minimum atomic E-state index is -1.43.